The van der Waals surface area contributed by atoms with Crippen LogP contribution in [0.25, 0.3) is 21.9 Å². The molecule has 4 rings (SSSR count). The molecule has 0 atom stereocenters. The molecular weight excluding hydrogens is 272 g/mol. The zero-order valence-corrected chi connectivity index (χ0v) is 12.8. The SMILES string of the molecule is CC(C)c1coc2c(Cc3cc4ccccc4o3)cccc12. The Kier molecular flexibility index (Phi) is 3.04. The van der Waals surface area contributed by atoms with E-state index in [-0.39, 0.29) is 0 Å². The van der Waals surface area contributed by atoms with Gasteiger partial charge in [-0.3, -0.25) is 0 Å². The second-order valence-electron chi connectivity index (χ2n) is 6.07. The predicted octanol–water partition coefficient (Wildman–Crippen LogP) is 5.89. The van der Waals surface area contributed by atoms with Gasteiger partial charge >= 0.3 is 0 Å². The molecule has 2 nitrogen and oxygen atoms in total. The van der Waals surface area contributed by atoms with Crippen molar-refractivity contribution in [3.05, 3.63) is 71.7 Å². The van der Waals surface area contributed by atoms with E-state index in [9.17, 15) is 0 Å². The summed E-state index contributed by atoms with van der Waals surface area (Å²) < 4.78 is 11.8. The number of benzene rings is 2. The number of furan rings is 2. The number of hydrogen-bond acceptors (Lipinski definition) is 2. The molecule has 0 unspecified atom stereocenters. The number of rotatable bonds is 3. The molecule has 0 saturated carbocycles. The number of hydrogen-bond donors (Lipinski definition) is 0. The summed E-state index contributed by atoms with van der Waals surface area (Å²) in [5, 5.41) is 2.36. The summed E-state index contributed by atoms with van der Waals surface area (Å²) >= 11 is 0. The van der Waals surface area contributed by atoms with Crippen molar-refractivity contribution in [3.8, 4) is 0 Å². The van der Waals surface area contributed by atoms with Crippen LogP contribution in [-0.2, 0) is 6.42 Å². The van der Waals surface area contributed by atoms with Crippen LogP contribution < -0.4 is 0 Å². The van der Waals surface area contributed by atoms with Crippen molar-refractivity contribution in [2.75, 3.05) is 0 Å². The van der Waals surface area contributed by atoms with E-state index >= 15 is 0 Å². The van der Waals surface area contributed by atoms with Gasteiger partial charge in [0.05, 0.1) is 6.26 Å². The smallest absolute Gasteiger partial charge is 0.137 e. The van der Waals surface area contributed by atoms with E-state index in [2.05, 4.69) is 44.2 Å². The standard InChI is InChI=1S/C20H18O2/c1-13(2)18-12-21-20-15(7-5-8-17(18)20)11-16-10-14-6-3-4-9-19(14)22-16/h3-10,12-13H,11H2,1-2H3. The van der Waals surface area contributed by atoms with Crippen molar-refractivity contribution in [2.45, 2.75) is 26.2 Å². The molecule has 0 radical (unpaired) electrons. The lowest BCUT2D eigenvalue weighted by atomic mass is 10.00. The molecule has 4 aromatic rings. The van der Waals surface area contributed by atoms with Gasteiger partial charge in [0.1, 0.15) is 16.9 Å². The summed E-state index contributed by atoms with van der Waals surface area (Å²) in [4.78, 5) is 0. The fourth-order valence-electron chi connectivity index (χ4n) is 3.04. The van der Waals surface area contributed by atoms with E-state index in [1.807, 2.05) is 24.5 Å². The van der Waals surface area contributed by atoms with E-state index in [0.29, 0.717) is 5.92 Å². The first kappa shape index (κ1) is 13.2. The second kappa shape index (κ2) is 5.06. The molecule has 0 fully saturated rings. The van der Waals surface area contributed by atoms with Gasteiger partial charge in [0.25, 0.3) is 0 Å². The average Bonchev–Trinajstić information content (AvgIpc) is 3.10. The van der Waals surface area contributed by atoms with E-state index < -0.39 is 0 Å². The van der Waals surface area contributed by atoms with Crippen LogP contribution in [0.3, 0.4) is 0 Å². The summed E-state index contributed by atoms with van der Waals surface area (Å²) in [7, 11) is 0. The second-order valence-corrected chi connectivity index (χ2v) is 6.07. The lowest BCUT2D eigenvalue weighted by Gasteiger charge is -2.03. The largest absolute Gasteiger partial charge is 0.464 e. The Labute approximate surface area is 129 Å². The van der Waals surface area contributed by atoms with Crippen LogP contribution in [0.4, 0.5) is 0 Å². The minimum atomic E-state index is 0.461. The number of para-hydroxylation sites is 2. The van der Waals surface area contributed by atoms with Crippen molar-refractivity contribution >= 4 is 21.9 Å². The third-order valence-electron chi connectivity index (χ3n) is 4.17. The Morgan fingerprint density at radius 2 is 1.86 bits per heavy atom. The Morgan fingerprint density at radius 3 is 2.68 bits per heavy atom. The zero-order chi connectivity index (χ0) is 15.1. The summed E-state index contributed by atoms with van der Waals surface area (Å²) in [5.74, 6) is 1.43. The molecule has 0 spiro atoms. The zero-order valence-electron chi connectivity index (χ0n) is 12.8. The maximum atomic E-state index is 5.93. The van der Waals surface area contributed by atoms with E-state index in [1.54, 1.807) is 0 Å². The summed E-state index contributed by atoms with van der Waals surface area (Å²) in [6.45, 7) is 4.38. The van der Waals surface area contributed by atoms with Gasteiger partial charge in [0.2, 0.25) is 0 Å². The molecule has 2 heteroatoms. The van der Waals surface area contributed by atoms with Crippen molar-refractivity contribution in [2.24, 2.45) is 0 Å². The molecule has 110 valence electrons. The van der Waals surface area contributed by atoms with E-state index in [1.165, 1.54) is 16.5 Å². The minimum Gasteiger partial charge on any atom is -0.464 e. The van der Waals surface area contributed by atoms with Crippen LogP contribution >= 0.6 is 0 Å². The first-order chi connectivity index (χ1) is 10.7. The Balaban J connectivity index is 1.77. The van der Waals surface area contributed by atoms with Gasteiger partial charge in [-0.25, -0.2) is 0 Å². The van der Waals surface area contributed by atoms with Gasteiger partial charge < -0.3 is 8.83 Å². The number of fused-ring (bicyclic) bond motifs is 2. The molecule has 0 aliphatic rings. The van der Waals surface area contributed by atoms with Crippen LogP contribution in [0.1, 0.15) is 36.7 Å². The third-order valence-corrected chi connectivity index (χ3v) is 4.17. The molecule has 2 aromatic carbocycles. The van der Waals surface area contributed by atoms with Gasteiger partial charge in [-0.2, -0.15) is 0 Å². The third kappa shape index (κ3) is 2.12. The van der Waals surface area contributed by atoms with Crippen LogP contribution in [0.2, 0.25) is 0 Å². The van der Waals surface area contributed by atoms with E-state index in [4.69, 9.17) is 8.83 Å². The van der Waals surface area contributed by atoms with Gasteiger partial charge in [-0.15, -0.1) is 0 Å². The molecule has 0 saturated heterocycles. The highest BCUT2D eigenvalue weighted by atomic mass is 16.3. The quantitative estimate of drug-likeness (QED) is 0.470. The van der Waals surface area contributed by atoms with Crippen LogP contribution in [-0.4, -0.2) is 0 Å². The Hall–Kier alpha value is -2.48. The van der Waals surface area contributed by atoms with E-state index in [0.717, 1.165) is 28.7 Å². The van der Waals surface area contributed by atoms with Gasteiger partial charge in [0.15, 0.2) is 0 Å². The molecule has 0 aliphatic carbocycles. The van der Waals surface area contributed by atoms with Crippen molar-refractivity contribution in [1.29, 1.82) is 0 Å². The fraction of sp³-hybridized carbons (Fsp3) is 0.200. The lowest BCUT2D eigenvalue weighted by molar-refractivity contribution is 0.558. The summed E-state index contributed by atoms with van der Waals surface area (Å²) in [6.07, 6.45) is 2.63. The molecule has 0 aliphatic heterocycles. The first-order valence-corrected chi connectivity index (χ1v) is 7.69. The molecule has 0 N–H and O–H groups in total. The molecule has 0 amide bonds. The van der Waals surface area contributed by atoms with Crippen LogP contribution in [0, 0.1) is 0 Å². The fourth-order valence-corrected chi connectivity index (χ4v) is 3.04. The molecule has 22 heavy (non-hydrogen) atoms. The molecular formula is C20H18O2. The first-order valence-electron chi connectivity index (χ1n) is 7.69. The van der Waals surface area contributed by atoms with Crippen molar-refractivity contribution < 1.29 is 8.83 Å². The minimum absolute atomic E-state index is 0.461. The van der Waals surface area contributed by atoms with Gasteiger partial charge in [0, 0.05) is 28.3 Å². The maximum absolute atomic E-state index is 5.93. The van der Waals surface area contributed by atoms with Gasteiger partial charge in [-0.05, 0) is 18.1 Å². The van der Waals surface area contributed by atoms with Crippen molar-refractivity contribution in [1.82, 2.24) is 0 Å². The molecule has 2 aromatic heterocycles. The summed E-state index contributed by atoms with van der Waals surface area (Å²) in [5.41, 5.74) is 4.35. The Morgan fingerprint density at radius 1 is 1.00 bits per heavy atom. The van der Waals surface area contributed by atoms with Crippen LogP contribution in [0.5, 0.6) is 0 Å². The summed E-state index contributed by atoms with van der Waals surface area (Å²) in [6, 6.07) is 16.6. The monoisotopic (exact) mass is 290 g/mol. The molecule has 2 heterocycles. The maximum Gasteiger partial charge on any atom is 0.137 e. The van der Waals surface area contributed by atoms with Crippen molar-refractivity contribution in [3.63, 3.8) is 0 Å². The van der Waals surface area contributed by atoms with Gasteiger partial charge in [-0.1, -0.05) is 50.2 Å². The average molecular weight is 290 g/mol. The normalized spacial score (nSPS) is 11.8. The highest BCUT2D eigenvalue weighted by Gasteiger charge is 2.13. The van der Waals surface area contributed by atoms with Crippen LogP contribution in [0.15, 0.2) is 63.6 Å². The lowest BCUT2D eigenvalue weighted by Crippen LogP contribution is -1.88. The topological polar surface area (TPSA) is 26.3 Å². The predicted molar refractivity (Wildman–Crippen MR) is 89.3 cm³/mol. The highest BCUT2D eigenvalue weighted by molar-refractivity contribution is 5.85. The molecule has 0 bridgehead atoms. The Bertz CT molecular complexity index is 908. The highest BCUT2D eigenvalue weighted by Crippen LogP contribution is 2.31.